The molecule has 1 fully saturated rings. The Kier molecular flexibility index (Phi) is 3.65. The number of carbonyl (C=O) groups excluding carboxylic acids is 2. The first-order valence-electron chi connectivity index (χ1n) is 8.65. The van der Waals surface area contributed by atoms with Crippen LogP contribution in [0.15, 0.2) is 83.3 Å². The number of hydrogen-bond donors (Lipinski definition) is 0. The van der Waals surface area contributed by atoms with Crippen molar-refractivity contribution >= 4 is 40.2 Å². The number of para-hydroxylation sites is 2. The fraction of sp³-hybridized carbons (Fsp3) is 0.0952. The number of rotatable bonds is 3. The molecule has 2 atom stereocenters. The number of nitrogens with zero attached hydrogens (tertiary/aromatic N) is 3. The third-order valence-electron chi connectivity index (χ3n) is 4.86. The molecule has 0 spiro atoms. The number of hydrazone groups is 1. The van der Waals surface area contributed by atoms with Crippen molar-refractivity contribution in [3.8, 4) is 0 Å². The first-order chi connectivity index (χ1) is 13.3. The molecule has 0 bridgehead atoms. The van der Waals surface area contributed by atoms with Crippen LogP contribution in [0.2, 0.25) is 0 Å². The van der Waals surface area contributed by atoms with Crippen LogP contribution in [0.4, 0.5) is 11.4 Å². The highest BCUT2D eigenvalue weighted by Gasteiger charge is 2.57. The summed E-state index contributed by atoms with van der Waals surface area (Å²) < 4.78 is 0. The Labute approximate surface area is 160 Å². The Morgan fingerprint density at radius 3 is 2.07 bits per heavy atom. The molecule has 0 radical (unpaired) electrons. The van der Waals surface area contributed by atoms with Gasteiger partial charge in [0.2, 0.25) is 5.91 Å². The smallest absolute Gasteiger partial charge is 0.259 e. The van der Waals surface area contributed by atoms with Gasteiger partial charge in [-0.2, -0.15) is 5.10 Å². The SMILES string of the molecule is O=C1[C@@H]2C(c3cccs3)=NN(c3ccccc3)[C@@H]2C(=O)N1c1ccccc1. The summed E-state index contributed by atoms with van der Waals surface area (Å²) in [7, 11) is 0. The van der Waals surface area contributed by atoms with Crippen molar-refractivity contribution in [3.05, 3.63) is 83.1 Å². The van der Waals surface area contributed by atoms with E-state index >= 15 is 0 Å². The molecule has 0 aliphatic carbocycles. The number of fused-ring (bicyclic) bond motifs is 1. The van der Waals surface area contributed by atoms with Crippen molar-refractivity contribution in [3.63, 3.8) is 0 Å². The Balaban J connectivity index is 1.64. The molecule has 5 rings (SSSR count). The van der Waals surface area contributed by atoms with Crippen molar-refractivity contribution in [2.75, 3.05) is 9.91 Å². The fourth-order valence-electron chi connectivity index (χ4n) is 3.67. The topological polar surface area (TPSA) is 53.0 Å². The first kappa shape index (κ1) is 16.0. The molecule has 0 N–H and O–H groups in total. The van der Waals surface area contributed by atoms with E-state index in [1.165, 1.54) is 16.2 Å². The van der Waals surface area contributed by atoms with Gasteiger partial charge in [0.25, 0.3) is 5.91 Å². The summed E-state index contributed by atoms with van der Waals surface area (Å²) in [5.74, 6) is -1.06. The number of imide groups is 1. The molecule has 0 unspecified atom stereocenters. The highest BCUT2D eigenvalue weighted by atomic mass is 32.1. The maximum atomic E-state index is 13.3. The van der Waals surface area contributed by atoms with E-state index in [0.717, 1.165) is 10.6 Å². The van der Waals surface area contributed by atoms with Crippen LogP contribution in [0.5, 0.6) is 0 Å². The molecule has 5 nitrogen and oxygen atoms in total. The van der Waals surface area contributed by atoms with Gasteiger partial charge in [-0.05, 0) is 35.7 Å². The van der Waals surface area contributed by atoms with Crippen molar-refractivity contribution in [1.82, 2.24) is 0 Å². The quantitative estimate of drug-likeness (QED) is 0.660. The monoisotopic (exact) mass is 373 g/mol. The summed E-state index contributed by atoms with van der Waals surface area (Å²) in [6.07, 6.45) is 0. The van der Waals surface area contributed by atoms with E-state index in [0.29, 0.717) is 11.4 Å². The van der Waals surface area contributed by atoms with Crippen LogP contribution in [0.1, 0.15) is 4.88 Å². The molecule has 3 heterocycles. The maximum Gasteiger partial charge on any atom is 0.259 e. The average Bonchev–Trinajstić information content (AvgIpc) is 3.41. The lowest BCUT2D eigenvalue weighted by atomic mass is 9.97. The molecular formula is C21H15N3O2S. The third-order valence-corrected chi connectivity index (χ3v) is 5.75. The van der Waals surface area contributed by atoms with Gasteiger partial charge in [-0.3, -0.25) is 14.6 Å². The molecule has 27 heavy (non-hydrogen) atoms. The number of thiophene rings is 1. The molecular weight excluding hydrogens is 358 g/mol. The summed E-state index contributed by atoms with van der Waals surface area (Å²) in [4.78, 5) is 28.8. The molecule has 2 aromatic carbocycles. The van der Waals surface area contributed by atoms with E-state index in [1.807, 2.05) is 66.0 Å². The van der Waals surface area contributed by atoms with Gasteiger partial charge in [0.1, 0.15) is 12.0 Å². The zero-order valence-corrected chi connectivity index (χ0v) is 15.0. The number of carbonyl (C=O) groups is 2. The molecule has 6 heteroatoms. The normalized spacial score (nSPS) is 21.6. The van der Waals surface area contributed by atoms with Crippen molar-refractivity contribution in [2.24, 2.45) is 11.0 Å². The second-order valence-electron chi connectivity index (χ2n) is 6.41. The van der Waals surface area contributed by atoms with Gasteiger partial charge in [-0.1, -0.05) is 42.5 Å². The minimum atomic E-state index is -0.655. The van der Waals surface area contributed by atoms with Crippen molar-refractivity contribution in [2.45, 2.75) is 6.04 Å². The number of hydrogen-bond acceptors (Lipinski definition) is 5. The summed E-state index contributed by atoms with van der Waals surface area (Å²) in [6, 6.07) is 21.8. The van der Waals surface area contributed by atoms with Crippen LogP contribution >= 0.6 is 11.3 Å². The number of amides is 2. The molecule has 132 valence electrons. The number of benzene rings is 2. The lowest BCUT2D eigenvalue weighted by molar-refractivity contribution is -0.121. The Bertz CT molecular complexity index is 1030. The van der Waals surface area contributed by atoms with Crippen LogP contribution in [0.25, 0.3) is 0 Å². The van der Waals surface area contributed by atoms with Gasteiger partial charge in [-0.15, -0.1) is 11.3 Å². The second kappa shape index (κ2) is 6.17. The standard InChI is InChI=1S/C21H15N3O2S/c25-20-17-18(16-12-7-13-27-16)22-24(15-10-5-2-6-11-15)19(17)21(26)23(20)14-8-3-1-4-9-14/h1-13,17,19H/t17-,19+/m1/s1. The van der Waals surface area contributed by atoms with Crippen molar-refractivity contribution < 1.29 is 9.59 Å². The molecule has 3 aromatic rings. The third kappa shape index (κ3) is 2.41. The molecule has 2 aliphatic heterocycles. The van der Waals surface area contributed by atoms with Gasteiger partial charge in [0.05, 0.1) is 22.0 Å². The molecule has 0 saturated carbocycles. The first-order valence-corrected chi connectivity index (χ1v) is 9.53. The van der Waals surface area contributed by atoms with E-state index in [1.54, 1.807) is 17.1 Å². The van der Waals surface area contributed by atoms with Gasteiger partial charge in [0, 0.05) is 0 Å². The lowest BCUT2D eigenvalue weighted by Gasteiger charge is -2.22. The summed E-state index contributed by atoms with van der Waals surface area (Å²) in [5, 5.41) is 8.36. The predicted molar refractivity (Wildman–Crippen MR) is 106 cm³/mol. The van der Waals surface area contributed by atoms with Gasteiger partial charge >= 0.3 is 0 Å². The van der Waals surface area contributed by atoms with Crippen LogP contribution in [0, 0.1) is 5.92 Å². The predicted octanol–water partition coefficient (Wildman–Crippen LogP) is 3.53. The largest absolute Gasteiger partial charge is 0.273 e. The summed E-state index contributed by atoms with van der Waals surface area (Å²) in [6.45, 7) is 0. The Morgan fingerprint density at radius 2 is 1.44 bits per heavy atom. The van der Waals surface area contributed by atoms with Crippen LogP contribution in [0.3, 0.4) is 0 Å². The highest BCUT2D eigenvalue weighted by Crippen LogP contribution is 2.39. The van der Waals surface area contributed by atoms with Crippen molar-refractivity contribution in [1.29, 1.82) is 0 Å². The fourth-order valence-corrected chi connectivity index (χ4v) is 4.42. The van der Waals surface area contributed by atoms with Gasteiger partial charge < -0.3 is 0 Å². The van der Waals surface area contributed by atoms with Crippen LogP contribution in [-0.2, 0) is 9.59 Å². The molecule has 1 saturated heterocycles. The average molecular weight is 373 g/mol. The van der Waals surface area contributed by atoms with Gasteiger partial charge in [0.15, 0.2) is 0 Å². The Hall–Kier alpha value is -3.25. The molecule has 2 aliphatic rings. The zero-order valence-electron chi connectivity index (χ0n) is 14.2. The van der Waals surface area contributed by atoms with Crippen LogP contribution < -0.4 is 9.91 Å². The van der Waals surface area contributed by atoms with E-state index in [-0.39, 0.29) is 11.8 Å². The zero-order chi connectivity index (χ0) is 18.4. The van der Waals surface area contributed by atoms with E-state index in [9.17, 15) is 9.59 Å². The second-order valence-corrected chi connectivity index (χ2v) is 7.36. The minimum Gasteiger partial charge on any atom is -0.273 e. The minimum absolute atomic E-state index is 0.221. The summed E-state index contributed by atoms with van der Waals surface area (Å²) >= 11 is 1.53. The molecule has 1 aromatic heterocycles. The van der Waals surface area contributed by atoms with Crippen LogP contribution in [-0.4, -0.2) is 23.6 Å². The lowest BCUT2D eigenvalue weighted by Crippen LogP contribution is -2.39. The van der Waals surface area contributed by atoms with E-state index in [4.69, 9.17) is 5.10 Å². The Morgan fingerprint density at radius 1 is 0.778 bits per heavy atom. The van der Waals surface area contributed by atoms with E-state index < -0.39 is 12.0 Å². The molecule has 2 amide bonds. The van der Waals surface area contributed by atoms with Gasteiger partial charge in [-0.25, -0.2) is 4.90 Å². The summed E-state index contributed by atoms with van der Waals surface area (Å²) in [5.41, 5.74) is 2.06. The highest BCUT2D eigenvalue weighted by molar-refractivity contribution is 7.12. The van der Waals surface area contributed by atoms with E-state index in [2.05, 4.69) is 0 Å². The maximum absolute atomic E-state index is 13.3. The number of anilines is 2.